The molecule has 3 saturated carbocycles. The SMILES string of the molecule is CCCC1O[C@@H]2C[C@H]3[C@@H]4CCC5=CC(=O)C=C[C@]5(C)[C@H]4[C@@H](O)C[C@]3(C)[C@]2(C(=O)CO)O1.CCCCCCCCCCCCCCCCOC(=O)O. The molecule has 0 aromatic rings. The lowest BCUT2D eigenvalue weighted by molar-refractivity contribution is -0.200. The molecular formula is C42H68O9. The van der Waals surface area contributed by atoms with Crippen LogP contribution in [-0.2, 0) is 23.8 Å². The molecule has 3 N–H and O–H groups in total. The minimum atomic E-state index is -1.20. The van der Waals surface area contributed by atoms with Gasteiger partial charge in [-0.3, -0.25) is 9.59 Å². The number of fused-ring (bicyclic) bond motifs is 7. The Morgan fingerprint density at radius 2 is 1.53 bits per heavy atom. The van der Waals surface area contributed by atoms with Gasteiger partial charge in [-0.05, 0) is 62.5 Å². The van der Waals surface area contributed by atoms with Crippen LogP contribution in [0.2, 0.25) is 0 Å². The summed E-state index contributed by atoms with van der Waals surface area (Å²) in [5, 5.41) is 29.7. The quantitative estimate of drug-likeness (QED) is 0.0883. The van der Waals surface area contributed by atoms with E-state index in [2.05, 4.69) is 32.4 Å². The highest BCUT2D eigenvalue weighted by atomic mass is 16.7. The number of hydrogen-bond acceptors (Lipinski definition) is 8. The largest absolute Gasteiger partial charge is 0.505 e. The van der Waals surface area contributed by atoms with Gasteiger partial charge in [-0.15, -0.1) is 0 Å². The van der Waals surface area contributed by atoms with E-state index in [0.29, 0.717) is 25.9 Å². The number of ketones is 2. The van der Waals surface area contributed by atoms with Crippen molar-refractivity contribution in [3.05, 3.63) is 23.8 Å². The summed E-state index contributed by atoms with van der Waals surface area (Å²) in [5.74, 6) is 0.0274. The zero-order chi connectivity index (χ0) is 37.1. The molecule has 51 heavy (non-hydrogen) atoms. The summed E-state index contributed by atoms with van der Waals surface area (Å²) in [7, 11) is 0. The lowest BCUT2D eigenvalue weighted by Gasteiger charge is -2.59. The summed E-state index contributed by atoms with van der Waals surface area (Å²) < 4.78 is 17.1. The van der Waals surface area contributed by atoms with Crippen LogP contribution in [0.4, 0.5) is 4.79 Å². The van der Waals surface area contributed by atoms with Gasteiger partial charge in [0.05, 0.1) is 18.8 Å². The first-order valence-electron chi connectivity index (χ1n) is 20.4. The Bertz CT molecular complexity index is 1210. The van der Waals surface area contributed by atoms with Gasteiger partial charge in [0.25, 0.3) is 0 Å². The van der Waals surface area contributed by atoms with E-state index in [9.17, 15) is 24.6 Å². The average molecular weight is 717 g/mol. The molecule has 0 aromatic carbocycles. The van der Waals surface area contributed by atoms with Gasteiger partial charge >= 0.3 is 6.16 Å². The molecule has 0 bridgehead atoms. The number of ether oxygens (including phenoxy) is 3. The number of Topliss-reactive ketones (excluding diaryl/α,β-unsaturated/α-hetero) is 1. The van der Waals surface area contributed by atoms with E-state index in [0.717, 1.165) is 37.7 Å². The van der Waals surface area contributed by atoms with Gasteiger partial charge < -0.3 is 29.5 Å². The highest BCUT2D eigenvalue weighted by Gasteiger charge is 2.75. The van der Waals surface area contributed by atoms with Gasteiger partial charge in [0.1, 0.15) is 6.61 Å². The van der Waals surface area contributed by atoms with Gasteiger partial charge in [0, 0.05) is 16.7 Å². The molecule has 9 heteroatoms. The third-order valence-corrected chi connectivity index (χ3v) is 13.1. The maximum absolute atomic E-state index is 13.2. The van der Waals surface area contributed by atoms with E-state index < -0.39 is 42.3 Å². The Morgan fingerprint density at radius 1 is 0.922 bits per heavy atom. The average Bonchev–Trinajstić information content (AvgIpc) is 3.58. The van der Waals surface area contributed by atoms with Crippen molar-refractivity contribution in [3.8, 4) is 0 Å². The summed E-state index contributed by atoms with van der Waals surface area (Å²) in [5.41, 5.74) is -1.05. The first-order chi connectivity index (χ1) is 24.5. The molecule has 0 spiro atoms. The van der Waals surface area contributed by atoms with Crippen LogP contribution >= 0.6 is 0 Å². The lowest BCUT2D eigenvalue weighted by Crippen LogP contribution is -2.63. The molecule has 4 fully saturated rings. The van der Waals surface area contributed by atoms with Crippen molar-refractivity contribution < 1.29 is 43.9 Å². The minimum Gasteiger partial charge on any atom is -0.450 e. The highest BCUT2D eigenvalue weighted by molar-refractivity contribution is 6.01. The van der Waals surface area contributed by atoms with Crippen molar-refractivity contribution in [2.45, 2.75) is 180 Å². The fourth-order valence-electron chi connectivity index (χ4n) is 10.6. The molecule has 0 amide bonds. The van der Waals surface area contributed by atoms with Gasteiger partial charge in [0.15, 0.2) is 23.5 Å². The molecular weight excluding hydrogens is 648 g/mol. The summed E-state index contributed by atoms with van der Waals surface area (Å²) in [6.45, 7) is 8.29. The Balaban J connectivity index is 0.000000255. The van der Waals surface area contributed by atoms with Crippen molar-refractivity contribution in [2.75, 3.05) is 13.2 Å². The zero-order valence-electron chi connectivity index (χ0n) is 32.0. The minimum absolute atomic E-state index is 0.0125. The van der Waals surface area contributed by atoms with Crippen LogP contribution in [0.15, 0.2) is 23.8 Å². The van der Waals surface area contributed by atoms with Crippen molar-refractivity contribution in [1.82, 2.24) is 0 Å². The van der Waals surface area contributed by atoms with Crippen molar-refractivity contribution in [1.29, 1.82) is 0 Å². The molecule has 9 atom stereocenters. The number of rotatable bonds is 19. The van der Waals surface area contributed by atoms with Gasteiger partial charge in [-0.2, -0.15) is 0 Å². The summed E-state index contributed by atoms with van der Waals surface area (Å²) >= 11 is 0. The van der Waals surface area contributed by atoms with Crippen molar-refractivity contribution in [3.63, 3.8) is 0 Å². The molecule has 1 heterocycles. The van der Waals surface area contributed by atoms with E-state index >= 15 is 0 Å². The fourth-order valence-corrected chi connectivity index (χ4v) is 10.6. The standard InChI is InChI=1S/C25H34O6.C17H34O3/c1-4-5-21-30-20-11-17-16-7-6-14-10-15(27)8-9-23(14,2)22(16)18(28)12-24(17,3)25(20,31-21)19(29)13-26;1-2-3-4-5-6-7-8-9-10-11-12-13-14-15-16-20-17(18)19/h8-10,16-18,20-22,26,28H,4-7,11-13H2,1-3H3;2-16H2,1H3,(H,18,19)/t16-,17-,18-,20+,21?,22+,23-,24-,25+;/m0./s1. The smallest absolute Gasteiger partial charge is 0.450 e. The number of unbranched alkanes of at least 4 members (excludes halogenated alkanes) is 13. The van der Waals surface area contributed by atoms with Gasteiger partial charge in [-0.1, -0.05) is 129 Å². The predicted octanol–water partition coefficient (Wildman–Crippen LogP) is 8.88. The molecule has 5 rings (SSSR count). The van der Waals surface area contributed by atoms with Crippen LogP contribution in [0, 0.1) is 28.6 Å². The second-order valence-electron chi connectivity index (χ2n) is 16.4. The number of carboxylic acid groups (broad SMARTS) is 1. The van der Waals surface area contributed by atoms with Crippen LogP contribution in [0.3, 0.4) is 0 Å². The molecule has 0 radical (unpaired) electrons. The second-order valence-corrected chi connectivity index (χ2v) is 16.4. The van der Waals surface area contributed by atoms with Crippen LogP contribution in [0.25, 0.3) is 0 Å². The van der Waals surface area contributed by atoms with Crippen molar-refractivity contribution >= 4 is 17.7 Å². The molecule has 9 nitrogen and oxygen atoms in total. The fraction of sp³-hybridized carbons (Fsp3) is 0.833. The third kappa shape index (κ3) is 9.36. The van der Waals surface area contributed by atoms with E-state index in [-0.39, 0.29) is 34.7 Å². The summed E-state index contributed by atoms with van der Waals surface area (Å²) in [6, 6.07) is 0. The van der Waals surface area contributed by atoms with Gasteiger partial charge in [0.2, 0.25) is 0 Å². The second kappa shape index (κ2) is 19.3. The topological polar surface area (TPSA) is 140 Å². The number of hydrogen-bond donors (Lipinski definition) is 3. The number of aliphatic hydroxyl groups is 2. The van der Waals surface area contributed by atoms with Crippen molar-refractivity contribution in [2.24, 2.45) is 28.6 Å². The number of carbonyl (C=O) groups excluding carboxylic acids is 2. The predicted molar refractivity (Wildman–Crippen MR) is 197 cm³/mol. The summed E-state index contributed by atoms with van der Waals surface area (Å²) in [6.07, 6.45) is 25.5. The number of carbonyl (C=O) groups is 3. The Labute approximate surface area is 307 Å². The first kappa shape index (κ1) is 41.7. The molecule has 290 valence electrons. The van der Waals surface area contributed by atoms with E-state index in [1.54, 1.807) is 12.2 Å². The van der Waals surface area contributed by atoms with E-state index in [4.69, 9.17) is 14.6 Å². The van der Waals surface area contributed by atoms with Crippen LogP contribution in [-0.4, -0.2) is 70.4 Å². The number of allylic oxidation sites excluding steroid dienone is 4. The molecule has 5 aliphatic rings. The lowest BCUT2D eigenvalue weighted by atomic mass is 9.46. The Kier molecular flexibility index (Phi) is 15.8. The highest BCUT2D eigenvalue weighted by Crippen LogP contribution is 2.69. The Morgan fingerprint density at radius 3 is 2.10 bits per heavy atom. The number of aliphatic hydroxyl groups excluding tert-OH is 2. The molecule has 1 unspecified atom stereocenters. The van der Waals surface area contributed by atoms with E-state index in [1.807, 2.05) is 6.08 Å². The molecule has 0 aromatic heterocycles. The molecule has 4 aliphatic carbocycles. The zero-order valence-corrected chi connectivity index (χ0v) is 32.0. The van der Waals surface area contributed by atoms with Crippen LogP contribution < -0.4 is 0 Å². The maximum atomic E-state index is 13.2. The summed E-state index contributed by atoms with van der Waals surface area (Å²) in [4.78, 5) is 35.3. The first-order valence-corrected chi connectivity index (χ1v) is 20.4. The molecule has 1 aliphatic heterocycles. The Hall–Kier alpha value is -2.07. The normalized spacial score (nSPS) is 34.8. The monoisotopic (exact) mass is 716 g/mol. The third-order valence-electron chi connectivity index (χ3n) is 13.1. The van der Waals surface area contributed by atoms with Gasteiger partial charge in [-0.25, -0.2) is 4.79 Å². The maximum Gasteiger partial charge on any atom is 0.505 e. The van der Waals surface area contributed by atoms with Crippen LogP contribution in [0.5, 0.6) is 0 Å². The van der Waals surface area contributed by atoms with E-state index in [1.165, 1.54) is 77.0 Å². The molecule has 1 saturated heterocycles. The van der Waals surface area contributed by atoms with Crippen LogP contribution in [0.1, 0.15) is 156 Å².